The van der Waals surface area contributed by atoms with Crippen LogP contribution in [0, 0.1) is 23.7 Å². The minimum absolute atomic E-state index is 0.114. The van der Waals surface area contributed by atoms with E-state index in [1.807, 2.05) is 36.4 Å². The number of carbonyl (C=O) groups excluding carboxylic acids is 1. The van der Waals surface area contributed by atoms with Crippen LogP contribution in [0.3, 0.4) is 0 Å². The number of hydrogen-bond donors (Lipinski definition) is 1. The molecule has 7 atom stereocenters. The van der Waals surface area contributed by atoms with Crippen LogP contribution in [0.15, 0.2) is 48.7 Å². The molecule has 0 amide bonds. The lowest BCUT2D eigenvalue weighted by Crippen LogP contribution is -2.61. The molecule has 1 N–H and O–H groups in total. The molecule has 3 fully saturated rings. The number of carbonyl (C=O) groups is 1. The number of hydrogen-bond acceptors (Lipinski definition) is 5. The first-order valence-electron chi connectivity index (χ1n) is 11.9. The summed E-state index contributed by atoms with van der Waals surface area (Å²) < 4.78 is 19.1. The van der Waals surface area contributed by atoms with Gasteiger partial charge in [-0.2, -0.15) is 0 Å². The van der Waals surface area contributed by atoms with Gasteiger partial charge in [0.2, 0.25) is 0 Å². The normalized spacial score (nSPS) is 38.5. The standard InChI is InChI=1S/C27H36O5/c1-18(2)27-16-22(31-23(29)17-28)26(4,32-27)21-14-13-19(3)24(21)25(27)30-15-9-8-12-20-10-6-5-7-11-20/h5-12,15,18-19,21-22,24-25,28H,13-14,16-17H2,1-4H3. The Morgan fingerprint density at radius 3 is 2.69 bits per heavy atom. The van der Waals surface area contributed by atoms with Gasteiger partial charge in [0.15, 0.2) is 0 Å². The van der Waals surface area contributed by atoms with Crippen molar-refractivity contribution in [2.24, 2.45) is 23.7 Å². The molecule has 5 heteroatoms. The number of fused-ring (bicyclic) bond motifs is 4. The Hall–Kier alpha value is -2.11. The first-order chi connectivity index (χ1) is 15.3. The molecule has 1 saturated carbocycles. The monoisotopic (exact) mass is 440 g/mol. The molecule has 1 aromatic carbocycles. The van der Waals surface area contributed by atoms with Crippen LogP contribution >= 0.6 is 0 Å². The Bertz CT molecular complexity index is 862. The topological polar surface area (TPSA) is 65.0 Å². The minimum Gasteiger partial charge on any atom is -0.495 e. The highest BCUT2D eigenvalue weighted by Crippen LogP contribution is 2.63. The van der Waals surface area contributed by atoms with Crippen molar-refractivity contribution in [1.82, 2.24) is 0 Å². The highest BCUT2D eigenvalue weighted by atomic mass is 16.6. The molecule has 1 aliphatic carbocycles. The summed E-state index contributed by atoms with van der Waals surface area (Å²) in [6.45, 7) is 8.11. The van der Waals surface area contributed by atoms with Crippen molar-refractivity contribution < 1.29 is 24.1 Å². The number of benzene rings is 1. The van der Waals surface area contributed by atoms with Gasteiger partial charge in [0.25, 0.3) is 0 Å². The van der Waals surface area contributed by atoms with Crippen LogP contribution in [-0.4, -0.2) is 41.1 Å². The predicted octanol–water partition coefficient (Wildman–Crippen LogP) is 4.75. The second-order valence-electron chi connectivity index (χ2n) is 10.1. The zero-order valence-electron chi connectivity index (χ0n) is 19.6. The molecule has 32 heavy (non-hydrogen) atoms. The zero-order valence-corrected chi connectivity index (χ0v) is 19.6. The fourth-order valence-electron chi connectivity index (χ4n) is 6.37. The Morgan fingerprint density at radius 1 is 1.25 bits per heavy atom. The van der Waals surface area contributed by atoms with Crippen molar-refractivity contribution in [3.05, 3.63) is 54.3 Å². The van der Waals surface area contributed by atoms with Crippen LogP contribution in [0.5, 0.6) is 0 Å². The Morgan fingerprint density at radius 2 is 2.00 bits per heavy atom. The van der Waals surface area contributed by atoms with Gasteiger partial charge in [-0.15, -0.1) is 0 Å². The maximum atomic E-state index is 12.0. The molecule has 174 valence electrons. The summed E-state index contributed by atoms with van der Waals surface area (Å²) in [7, 11) is 0. The molecule has 0 radical (unpaired) electrons. The number of esters is 1. The first-order valence-corrected chi connectivity index (χ1v) is 11.9. The van der Waals surface area contributed by atoms with Crippen molar-refractivity contribution in [3.63, 3.8) is 0 Å². The lowest BCUT2D eigenvalue weighted by atomic mass is 9.69. The molecule has 4 rings (SSSR count). The van der Waals surface area contributed by atoms with Gasteiger partial charge in [0.05, 0.1) is 6.26 Å². The van der Waals surface area contributed by atoms with E-state index in [9.17, 15) is 9.90 Å². The van der Waals surface area contributed by atoms with Crippen LogP contribution in [-0.2, 0) is 19.0 Å². The van der Waals surface area contributed by atoms with E-state index >= 15 is 0 Å². The van der Waals surface area contributed by atoms with Gasteiger partial charge in [-0.1, -0.05) is 63.3 Å². The van der Waals surface area contributed by atoms with Crippen LogP contribution < -0.4 is 0 Å². The Balaban J connectivity index is 1.60. The highest BCUT2D eigenvalue weighted by molar-refractivity contribution is 5.70. The fraction of sp³-hybridized carbons (Fsp3) is 0.593. The summed E-state index contributed by atoms with van der Waals surface area (Å²) in [5.41, 5.74) is 0.0466. The second kappa shape index (κ2) is 9.03. The molecular formula is C27H36O5. The van der Waals surface area contributed by atoms with Gasteiger partial charge >= 0.3 is 5.97 Å². The van der Waals surface area contributed by atoms with Crippen molar-refractivity contribution >= 4 is 12.0 Å². The number of allylic oxidation sites excluding steroid dienone is 2. The summed E-state index contributed by atoms with van der Waals surface area (Å²) in [5, 5.41) is 9.27. The molecule has 2 heterocycles. The van der Waals surface area contributed by atoms with Crippen LogP contribution in [0.25, 0.3) is 6.08 Å². The van der Waals surface area contributed by atoms with Gasteiger partial charge in [-0.05, 0) is 49.2 Å². The van der Waals surface area contributed by atoms with E-state index in [1.165, 1.54) is 0 Å². The lowest BCUT2D eigenvalue weighted by Gasteiger charge is -2.53. The number of aliphatic hydroxyl groups is 1. The number of rotatable bonds is 7. The zero-order chi connectivity index (χ0) is 22.9. The molecule has 2 saturated heterocycles. The van der Waals surface area contributed by atoms with Gasteiger partial charge in [-0.3, -0.25) is 0 Å². The maximum Gasteiger partial charge on any atom is 0.332 e. The minimum atomic E-state index is -0.609. The SMILES string of the molecule is CC1CCC2C1C(OC=CC=Cc1ccccc1)C1(C(C)C)CC(OC(=O)CO)C2(C)O1. The Labute approximate surface area is 191 Å². The molecule has 5 nitrogen and oxygen atoms in total. The average Bonchev–Trinajstić information content (AvgIpc) is 3.29. The highest BCUT2D eigenvalue weighted by Gasteiger charge is 2.71. The van der Waals surface area contributed by atoms with Crippen molar-refractivity contribution in [2.45, 2.75) is 70.4 Å². The van der Waals surface area contributed by atoms with Crippen molar-refractivity contribution in [1.29, 1.82) is 0 Å². The molecule has 7 unspecified atom stereocenters. The second-order valence-corrected chi connectivity index (χ2v) is 10.1. The summed E-state index contributed by atoms with van der Waals surface area (Å²) in [6, 6.07) is 10.2. The Kier molecular flexibility index (Phi) is 6.51. The summed E-state index contributed by atoms with van der Waals surface area (Å²) in [5.74, 6) is 0.689. The van der Waals surface area contributed by atoms with Crippen LogP contribution in [0.4, 0.5) is 0 Å². The van der Waals surface area contributed by atoms with E-state index in [0.29, 0.717) is 18.3 Å². The summed E-state index contributed by atoms with van der Waals surface area (Å²) in [4.78, 5) is 12.0. The predicted molar refractivity (Wildman–Crippen MR) is 124 cm³/mol. The van der Waals surface area contributed by atoms with E-state index in [2.05, 4.69) is 39.8 Å². The smallest absolute Gasteiger partial charge is 0.332 e. The summed E-state index contributed by atoms with van der Waals surface area (Å²) >= 11 is 0. The van der Waals surface area contributed by atoms with Crippen molar-refractivity contribution in [2.75, 3.05) is 6.61 Å². The largest absolute Gasteiger partial charge is 0.495 e. The summed E-state index contributed by atoms with van der Waals surface area (Å²) in [6.07, 6.45) is 9.99. The van der Waals surface area contributed by atoms with Gasteiger partial charge in [-0.25, -0.2) is 4.79 Å². The van der Waals surface area contributed by atoms with E-state index in [-0.39, 0.29) is 24.0 Å². The quantitative estimate of drug-likeness (QED) is 0.376. The van der Waals surface area contributed by atoms with Gasteiger partial charge in [0, 0.05) is 12.3 Å². The molecule has 1 aromatic rings. The molecule has 2 bridgehead atoms. The third kappa shape index (κ3) is 3.90. The fourth-order valence-corrected chi connectivity index (χ4v) is 6.37. The lowest BCUT2D eigenvalue weighted by molar-refractivity contribution is -0.260. The third-order valence-electron chi connectivity index (χ3n) is 8.06. The van der Waals surface area contributed by atoms with Crippen molar-refractivity contribution in [3.8, 4) is 0 Å². The molecular weight excluding hydrogens is 404 g/mol. The number of ether oxygens (including phenoxy) is 3. The molecule has 2 aliphatic heterocycles. The van der Waals surface area contributed by atoms with E-state index in [1.54, 1.807) is 6.26 Å². The third-order valence-corrected chi connectivity index (χ3v) is 8.06. The van der Waals surface area contributed by atoms with Crippen LogP contribution in [0.2, 0.25) is 0 Å². The number of aliphatic hydroxyl groups excluding tert-OH is 1. The van der Waals surface area contributed by atoms with Gasteiger partial charge < -0.3 is 19.3 Å². The molecule has 0 aromatic heterocycles. The van der Waals surface area contributed by atoms with Crippen LogP contribution in [0.1, 0.15) is 52.5 Å². The first kappa shape index (κ1) is 23.1. The van der Waals surface area contributed by atoms with Gasteiger partial charge in [0.1, 0.15) is 30.0 Å². The molecule has 0 spiro atoms. The molecule has 3 aliphatic rings. The average molecular weight is 441 g/mol. The van der Waals surface area contributed by atoms with E-state index in [0.717, 1.165) is 18.4 Å². The maximum absolute atomic E-state index is 12.0. The van der Waals surface area contributed by atoms with E-state index < -0.39 is 23.8 Å². The van der Waals surface area contributed by atoms with E-state index in [4.69, 9.17) is 14.2 Å².